The van der Waals surface area contributed by atoms with E-state index in [9.17, 15) is 27.9 Å². The highest BCUT2D eigenvalue weighted by atomic mass is 19.1. The molecule has 0 spiro atoms. The average molecular weight is 521 g/mol. The number of fused-ring (bicyclic) bond motifs is 1. The molecule has 198 valence electrons. The number of aliphatic hydroxyl groups excluding tert-OH is 1. The molecule has 11 heteroatoms. The summed E-state index contributed by atoms with van der Waals surface area (Å²) in [6.45, 7) is 7.57. The lowest BCUT2D eigenvalue weighted by Crippen LogP contribution is -2.46. The minimum absolute atomic E-state index is 0.0627. The molecule has 3 heterocycles. The number of β-amino-alcohol motifs (C(OH)–C–C–N with tert-alkyl or cyclic N) is 1. The Kier molecular flexibility index (Phi) is 7.02. The second-order valence-corrected chi connectivity index (χ2v) is 9.80. The van der Waals surface area contributed by atoms with Crippen LogP contribution in [0.5, 0.6) is 0 Å². The molecule has 7 nitrogen and oxygen atoms in total. The highest BCUT2D eigenvalue weighted by Gasteiger charge is 2.32. The second kappa shape index (κ2) is 9.77. The van der Waals surface area contributed by atoms with Crippen LogP contribution in [0, 0.1) is 29.2 Å². The molecule has 1 aromatic carbocycles. The van der Waals surface area contributed by atoms with Crippen molar-refractivity contribution in [2.75, 3.05) is 18.0 Å². The number of aromatic nitrogens is 2. The molecule has 2 aromatic heterocycles. The standard InChI is InChI=1S/C26H28F4N4O3/c1-5-26(4,6-2)32-25(37)16-11-34(21-17(28)7-14(27)8-18(21)29)23-15(22(16)36)9-19(30)24(31-23)33-10-13(3)20(35)12-33/h7-9,11,13,20,35H,5-6,10,12H2,1-4H3,(H,32,37)/t13-,20-/m1/s1. The molecule has 1 aliphatic rings. The molecule has 1 fully saturated rings. The van der Waals surface area contributed by atoms with Gasteiger partial charge in [-0.15, -0.1) is 0 Å². The number of hydrogen-bond acceptors (Lipinski definition) is 5. The number of aliphatic hydroxyl groups is 1. The van der Waals surface area contributed by atoms with Crippen molar-refractivity contribution in [2.45, 2.75) is 52.2 Å². The first-order chi connectivity index (χ1) is 17.4. The van der Waals surface area contributed by atoms with E-state index >= 15 is 4.39 Å². The van der Waals surface area contributed by atoms with E-state index in [0.29, 0.717) is 25.0 Å². The molecular weight excluding hydrogens is 492 g/mol. The van der Waals surface area contributed by atoms with Crippen molar-refractivity contribution < 1.29 is 27.5 Å². The molecule has 1 amide bonds. The third kappa shape index (κ3) is 4.79. The molecule has 3 aromatic rings. The molecule has 0 bridgehead atoms. The number of nitrogens with one attached hydrogen (secondary N) is 1. The largest absolute Gasteiger partial charge is 0.391 e. The lowest BCUT2D eigenvalue weighted by Gasteiger charge is -2.28. The molecule has 1 aliphatic heterocycles. The van der Waals surface area contributed by atoms with Crippen molar-refractivity contribution in [2.24, 2.45) is 5.92 Å². The monoisotopic (exact) mass is 520 g/mol. The quantitative estimate of drug-likeness (QED) is 0.479. The molecule has 0 aliphatic carbocycles. The van der Waals surface area contributed by atoms with E-state index in [2.05, 4.69) is 10.3 Å². The maximum Gasteiger partial charge on any atom is 0.257 e. The Hall–Kier alpha value is -3.47. The van der Waals surface area contributed by atoms with Crippen LogP contribution in [0.2, 0.25) is 0 Å². The van der Waals surface area contributed by atoms with Gasteiger partial charge >= 0.3 is 0 Å². The number of hydrogen-bond donors (Lipinski definition) is 2. The lowest BCUT2D eigenvalue weighted by molar-refractivity contribution is 0.0899. The smallest absolute Gasteiger partial charge is 0.257 e. The number of carbonyl (C=O) groups is 1. The lowest BCUT2D eigenvalue weighted by atomic mass is 9.95. The molecule has 1 saturated heterocycles. The fourth-order valence-electron chi connectivity index (χ4n) is 4.42. The summed E-state index contributed by atoms with van der Waals surface area (Å²) < 4.78 is 59.5. The third-order valence-corrected chi connectivity index (χ3v) is 7.23. The van der Waals surface area contributed by atoms with E-state index in [1.807, 2.05) is 13.8 Å². The highest BCUT2D eigenvalue weighted by molar-refractivity contribution is 5.97. The van der Waals surface area contributed by atoms with E-state index in [0.717, 1.165) is 16.8 Å². The van der Waals surface area contributed by atoms with Crippen LogP contribution in [-0.4, -0.2) is 45.3 Å². The third-order valence-electron chi connectivity index (χ3n) is 7.23. The van der Waals surface area contributed by atoms with Crippen molar-refractivity contribution in [3.05, 3.63) is 63.5 Å². The topological polar surface area (TPSA) is 87.5 Å². The zero-order chi connectivity index (χ0) is 27.2. The maximum absolute atomic E-state index is 15.2. The number of halogens is 4. The zero-order valence-electron chi connectivity index (χ0n) is 20.9. The van der Waals surface area contributed by atoms with Crippen LogP contribution in [0.4, 0.5) is 23.4 Å². The van der Waals surface area contributed by atoms with Crippen LogP contribution >= 0.6 is 0 Å². The molecule has 0 unspecified atom stereocenters. The van der Waals surface area contributed by atoms with Crippen LogP contribution < -0.4 is 15.6 Å². The Morgan fingerprint density at radius 3 is 2.27 bits per heavy atom. The molecule has 4 rings (SSSR count). The van der Waals surface area contributed by atoms with Gasteiger partial charge in [-0.1, -0.05) is 20.8 Å². The highest BCUT2D eigenvalue weighted by Crippen LogP contribution is 2.29. The number of carbonyl (C=O) groups excluding carboxylic acids is 1. The first-order valence-corrected chi connectivity index (χ1v) is 12.1. The number of pyridine rings is 2. The summed E-state index contributed by atoms with van der Waals surface area (Å²) in [6.07, 6.45) is 1.26. The minimum Gasteiger partial charge on any atom is -0.391 e. The number of rotatable bonds is 6. The number of nitrogens with zero attached hydrogens (tertiary/aromatic N) is 3. The van der Waals surface area contributed by atoms with Gasteiger partial charge in [-0.2, -0.15) is 0 Å². The van der Waals surface area contributed by atoms with Gasteiger partial charge in [0.05, 0.1) is 11.5 Å². The molecule has 0 radical (unpaired) electrons. The fraction of sp³-hybridized carbons (Fsp3) is 0.423. The Balaban J connectivity index is 2.01. The van der Waals surface area contributed by atoms with Crippen molar-refractivity contribution in [1.29, 1.82) is 0 Å². The molecule has 0 saturated carbocycles. The predicted octanol–water partition coefficient (Wildman–Crippen LogP) is 4.07. The van der Waals surface area contributed by atoms with E-state index < -0.39 is 57.5 Å². The molecule has 37 heavy (non-hydrogen) atoms. The summed E-state index contributed by atoms with van der Waals surface area (Å²) in [7, 11) is 0. The van der Waals surface area contributed by atoms with Crippen molar-refractivity contribution >= 4 is 22.8 Å². The van der Waals surface area contributed by atoms with Gasteiger partial charge < -0.3 is 15.3 Å². The van der Waals surface area contributed by atoms with Gasteiger partial charge in [-0.3, -0.25) is 14.2 Å². The van der Waals surface area contributed by atoms with Crippen LogP contribution in [0.3, 0.4) is 0 Å². The van der Waals surface area contributed by atoms with Crippen LogP contribution in [0.15, 0.2) is 29.2 Å². The Labute approximate surface area is 210 Å². The van der Waals surface area contributed by atoms with Gasteiger partial charge in [-0.25, -0.2) is 22.5 Å². The summed E-state index contributed by atoms with van der Waals surface area (Å²) >= 11 is 0. The minimum atomic E-state index is -1.31. The maximum atomic E-state index is 15.2. The van der Waals surface area contributed by atoms with Crippen LogP contribution in [0.25, 0.3) is 16.7 Å². The second-order valence-electron chi connectivity index (χ2n) is 9.80. The SMILES string of the molecule is CCC(C)(CC)NC(=O)c1cn(-c2c(F)cc(F)cc2F)c2nc(N3C[C@@H](C)[C@H](O)C3)c(F)cc2c1=O. The number of amides is 1. The fourth-order valence-corrected chi connectivity index (χ4v) is 4.42. The zero-order valence-corrected chi connectivity index (χ0v) is 20.9. The van der Waals surface area contributed by atoms with Gasteiger partial charge in [0.15, 0.2) is 28.9 Å². The first kappa shape index (κ1) is 26.6. The van der Waals surface area contributed by atoms with Gasteiger partial charge in [-0.05, 0) is 25.8 Å². The summed E-state index contributed by atoms with van der Waals surface area (Å²) in [6, 6.07) is 1.77. The average Bonchev–Trinajstić information content (AvgIpc) is 3.17. The van der Waals surface area contributed by atoms with Gasteiger partial charge in [0.2, 0.25) is 5.43 Å². The summed E-state index contributed by atoms with van der Waals surface area (Å²) in [5.74, 6) is -5.91. The van der Waals surface area contributed by atoms with Crippen molar-refractivity contribution in [1.82, 2.24) is 14.9 Å². The van der Waals surface area contributed by atoms with Gasteiger partial charge in [0, 0.05) is 42.9 Å². The van der Waals surface area contributed by atoms with E-state index in [-0.39, 0.29) is 35.9 Å². The Morgan fingerprint density at radius 1 is 1.11 bits per heavy atom. The van der Waals surface area contributed by atoms with Crippen molar-refractivity contribution in [3.8, 4) is 5.69 Å². The summed E-state index contributed by atoms with van der Waals surface area (Å²) in [5, 5.41) is 12.5. The summed E-state index contributed by atoms with van der Waals surface area (Å²) in [5.41, 5.74) is -3.15. The van der Waals surface area contributed by atoms with E-state index in [4.69, 9.17) is 0 Å². The molecule has 2 N–H and O–H groups in total. The van der Waals surface area contributed by atoms with Gasteiger partial charge in [0.25, 0.3) is 5.91 Å². The molecular formula is C26H28F4N4O3. The normalized spacial score (nSPS) is 18.0. The Morgan fingerprint density at radius 2 is 1.73 bits per heavy atom. The summed E-state index contributed by atoms with van der Waals surface area (Å²) in [4.78, 5) is 32.2. The predicted molar refractivity (Wildman–Crippen MR) is 131 cm³/mol. The Bertz CT molecular complexity index is 1400. The van der Waals surface area contributed by atoms with Crippen molar-refractivity contribution in [3.63, 3.8) is 0 Å². The number of anilines is 1. The first-order valence-electron chi connectivity index (χ1n) is 12.1. The van der Waals surface area contributed by atoms with Gasteiger partial charge in [0.1, 0.15) is 17.1 Å². The van der Waals surface area contributed by atoms with E-state index in [1.165, 1.54) is 4.90 Å². The number of benzene rings is 1. The van der Waals surface area contributed by atoms with Crippen LogP contribution in [0.1, 0.15) is 50.9 Å². The van der Waals surface area contributed by atoms with Crippen LogP contribution in [-0.2, 0) is 0 Å². The van der Waals surface area contributed by atoms with E-state index in [1.54, 1.807) is 13.8 Å². The molecule has 2 atom stereocenters.